The Morgan fingerprint density at radius 2 is 1.90 bits per heavy atom. The average Bonchev–Trinajstić information content (AvgIpc) is 2.42. The molecule has 2 aromatic carbocycles. The highest BCUT2D eigenvalue weighted by molar-refractivity contribution is 6.32. The molecule has 0 fully saturated rings. The smallest absolute Gasteiger partial charge is 0.166 e. The molecule has 0 saturated carbocycles. The summed E-state index contributed by atoms with van der Waals surface area (Å²) in [6.45, 7) is 5.43. The summed E-state index contributed by atoms with van der Waals surface area (Å²) in [7, 11) is 0. The minimum Gasteiger partial charge on any atom is -0.453 e. The molecule has 0 heterocycles. The second kappa shape index (κ2) is 6.73. The van der Waals surface area contributed by atoms with Crippen molar-refractivity contribution in [3.05, 3.63) is 58.4 Å². The molecule has 0 aromatic heterocycles. The average molecular weight is 294 g/mol. The highest BCUT2D eigenvalue weighted by Gasteiger charge is 2.08. The van der Waals surface area contributed by atoms with Crippen LogP contribution in [0.25, 0.3) is 0 Å². The van der Waals surface area contributed by atoms with Crippen LogP contribution in [-0.2, 0) is 6.54 Å². The van der Waals surface area contributed by atoms with E-state index in [1.807, 2.05) is 26.0 Å². The predicted molar refractivity (Wildman–Crippen MR) is 80.0 cm³/mol. The molecule has 0 radical (unpaired) electrons. The zero-order valence-corrected chi connectivity index (χ0v) is 12.3. The summed E-state index contributed by atoms with van der Waals surface area (Å²) in [5, 5.41) is 3.62. The van der Waals surface area contributed by atoms with E-state index >= 15 is 0 Å². The van der Waals surface area contributed by atoms with Crippen molar-refractivity contribution in [3.8, 4) is 11.5 Å². The van der Waals surface area contributed by atoms with Crippen LogP contribution in [0.2, 0.25) is 5.02 Å². The lowest BCUT2D eigenvalue weighted by Crippen LogP contribution is -2.11. The molecule has 106 valence electrons. The lowest BCUT2D eigenvalue weighted by atomic mass is 10.2. The van der Waals surface area contributed by atoms with Gasteiger partial charge in [0.25, 0.3) is 0 Å². The first-order chi connectivity index (χ1) is 9.60. The summed E-state index contributed by atoms with van der Waals surface area (Å²) in [6.07, 6.45) is 0. The van der Waals surface area contributed by atoms with Crippen LogP contribution in [-0.4, -0.2) is 6.54 Å². The molecule has 0 unspecified atom stereocenters. The number of aryl methyl sites for hydroxylation is 1. The van der Waals surface area contributed by atoms with Gasteiger partial charge < -0.3 is 10.1 Å². The molecule has 2 rings (SSSR count). The number of ether oxygens (including phenoxy) is 1. The third-order valence-corrected chi connectivity index (χ3v) is 3.18. The summed E-state index contributed by atoms with van der Waals surface area (Å²) in [6, 6.07) is 10.3. The van der Waals surface area contributed by atoms with Crippen LogP contribution in [0.4, 0.5) is 4.39 Å². The summed E-state index contributed by atoms with van der Waals surface area (Å²) in [4.78, 5) is 0. The molecule has 0 atom stereocenters. The molecule has 0 aliphatic rings. The first-order valence-electron chi connectivity index (χ1n) is 6.53. The Morgan fingerprint density at radius 1 is 1.15 bits per heavy atom. The molecule has 0 saturated heterocycles. The molecule has 0 spiro atoms. The molecule has 0 aliphatic carbocycles. The van der Waals surface area contributed by atoms with E-state index in [9.17, 15) is 4.39 Å². The SMILES string of the molecule is CCNCc1ccc(Oc2ccc(C)cc2Cl)c(F)c1. The van der Waals surface area contributed by atoms with E-state index in [4.69, 9.17) is 16.3 Å². The van der Waals surface area contributed by atoms with E-state index in [2.05, 4.69) is 5.32 Å². The number of rotatable bonds is 5. The summed E-state index contributed by atoms with van der Waals surface area (Å²) in [5.41, 5.74) is 1.91. The third kappa shape index (κ3) is 3.71. The van der Waals surface area contributed by atoms with Gasteiger partial charge in [-0.15, -0.1) is 0 Å². The molecular weight excluding hydrogens is 277 g/mol. The fourth-order valence-electron chi connectivity index (χ4n) is 1.81. The van der Waals surface area contributed by atoms with Crippen LogP contribution in [0, 0.1) is 12.7 Å². The molecule has 20 heavy (non-hydrogen) atoms. The third-order valence-electron chi connectivity index (χ3n) is 2.88. The van der Waals surface area contributed by atoms with Gasteiger partial charge in [-0.05, 0) is 48.9 Å². The van der Waals surface area contributed by atoms with Crippen LogP contribution in [0.1, 0.15) is 18.1 Å². The fraction of sp³-hybridized carbons (Fsp3) is 0.250. The van der Waals surface area contributed by atoms with E-state index in [-0.39, 0.29) is 5.75 Å². The standard InChI is InChI=1S/C16H17ClFNO/c1-3-19-10-12-5-7-16(14(18)9-12)20-15-6-4-11(2)8-13(15)17/h4-9,19H,3,10H2,1-2H3. The Hall–Kier alpha value is -1.58. The molecular formula is C16H17ClFNO. The Morgan fingerprint density at radius 3 is 2.55 bits per heavy atom. The zero-order valence-electron chi connectivity index (χ0n) is 11.5. The van der Waals surface area contributed by atoms with Gasteiger partial charge in [-0.25, -0.2) is 4.39 Å². The minimum absolute atomic E-state index is 0.177. The first-order valence-corrected chi connectivity index (χ1v) is 6.91. The van der Waals surface area contributed by atoms with E-state index in [0.29, 0.717) is 17.3 Å². The highest BCUT2D eigenvalue weighted by Crippen LogP contribution is 2.31. The second-order valence-electron chi connectivity index (χ2n) is 4.58. The Balaban J connectivity index is 2.17. The summed E-state index contributed by atoms with van der Waals surface area (Å²) >= 11 is 6.07. The van der Waals surface area contributed by atoms with Crippen molar-refractivity contribution < 1.29 is 9.13 Å². The largest absolute Gasteiger partial charge is 0.453 e. The van der Waals surface area contributed by atoms with Crippen molar-refractivity contribution in [2.45, 2.75) is 20.4 Å². The van der Waals surface area contributed by atoms with Crippen molar-refractivity contribution in [1.29, 1.82) is 0 Å². The van der Waals surface area contributed by atoms with Crippen LogP contribution in [0.5, 0.6) is 11.5 Å². The Labute approximate surface area is 123 Å². The van der Waals surface area contributed by atoms with Gasteiger partial charge in [-0.1, -0.05) is 30.7 Å². The molecule has 2 nitrogen and oxygen atoms in total. The molecule has 4 heteroatoms. The minimum atomic E-state index is -0.392. The van der Waals surface area contributed by atoms with Crippen molar-refractivity contribution in [2.75, 3.05) is 6.54 Å². The summed E-state index contributed by atoms with van der Waals surface area (Å²) < 4.78 is 19.5. The molecule has 0 bridgehead atoms. The second-order valence-corrected chi connectivity index (χ2v) is 4.99. The first kappa shape index (κ1) is 14.8. The quantitative estimate of drug-likeness (QED) is 0.863. The maximum atomic E-state index is 14.0. The zero-order chi connectivity index (χ0) is 14.5. The lowest BCUT2D eigenvalue weighted by Gasteiger charge is -2.10. The number of hydrogen-bond donors (Lipinski definition) is 1. The van der Waals surface area contributed by atoms with Crippen molar-refractivity contribution in [2.24, 2.45) is 0 Å². The van der Waals surface area contributed by atoms with E-state index in [0.717, 1.165) is 17.7 Å². The van der Waals surface area contributed by atoms with E-state index in [1.165, 1.54) is 6.07 Å². The Bertz CT molecular complexity index is 601. The van der Waals surface area contributed by atoms with Gasteiger partial charge in [0.2, 0.25) is 0 Å². The maximum Gasteiger partial charge on any atom is 0.166 e. The normalized spacial score (nSPS) is 10.6. The number of halogens is 2. The molecule has 0 aliphatic heterocycles. The van der Waals surface area contributed by atoms with Crippen molar-refractivity contribution in [1.82, 2.24) is 5.32 Å². The highest BCUT2D eigenvalue weighted by atomic mass is 35.5. The van der Waals surface area contributed by atoms with E-state index in [1.54, 1.807) is 18.2 Å². The van der Waals surface area contributed by atoms with Gasteiger partial charge in [0.05, 0.1) is 5.02 Å². The van der Waals surface area contributed by atoms with Crippen LogP contribution in [0.15, 0.2) is 36.4 Å². The van der Waals surface area contributed by atoms with Gasteiger partial charge in [0, 0.05) is 6.54 Å². The van der Waals surface area contributed by atoms with Crippen molar-refractivity contribution >= 4 is 11.6 Å². The lowest BCUT2D eigenvalue weighted by molar-refractivity contribution is 0.441. The van der Waals surface area contributed by atoms with Crippen LogP contribution < -0.4 is 10.1 Å². The maximum absolute atomic E-state index is 14.0. The molecule has 1 N–H and O–H groups in total. The van der Waals surface area contributed by atoms with Crippen molar-refractivity contribution in [3.63, 3.8) is 0 Å². The number of hydrogen-bond acceptors (Lipinski definition) is 2. The topological polar surface area (TPSA) is 21.3 Å². The van der Waals surface area contributed by atoms with Gasteiger partial charge in [-0.3, -0.25) is 0 Å². The number of nitrogens with one attached hydrogen (secondary N) is 1. The molecule has 0 amide bonds. The van der Waals surface area contributed by atoms with Gasteiger partial charge in [-0.2, -0.15) is 0 Å². The van der Waals surface area contributed by atoms with E-state index < -0.39 is 5.82 Å². The van der Waals surface area contributed by atoms with Gasteiger partial charge in [0.15, 0.2) is 11.6 Å². The monoisotopic (exact) mass is 293 g/mol. The number of benzene rings is 2. The fourth-order valence-corrected chi connectivity index (χ4v) is 2.09. The van der Waals surface area contributed by atoms with Gasteiger partial charge in [0.1, 0.15) is 5.75 Å². The van der Waals surface area contributed by atoms with Crippen LogP contribution in [0.3, 0.4) is 0 Å². The van der Waals surface area contributed by atoms with Crippen LogP contribution >= 0.6 is 11.6 Å². The molecule has 2 aromatic rings. The predicted octanol–water partition coefficient (Wildman–Crippen LogP) is 4.69. The van der Waals surface area contributed by atoms with Gasteiger partial charge >= 0.3 is 0 Å². The Kier molecular flexibility index (Phi) is 4.99. The summed E-state index contributed by atoms with van der Waals surface area (Å²) in [5.74, 6) is 0.239.